The molecule has 1 saturated carbocycles. The summed E-state index contributed by atoms with van der Waals surface area (Å²) >= 11 is 0. The molecular formula is C12H14F3N5. The zero-order chi connectivity index (χ0) is 14.5. The fourth-order valence-electron chi connectivity index (χ4n) is 2.79. The predicted octanol–water partition coefficient (Wildman–Crippen LogP) is 2.56. The molecule has 2 aromatic heterocycles. The average Bonchev–Trinajstić information content (AvgIpc) is 2.68. The molecule has 1 aliphatic carbocycles. The smallest absolute Gasteiger partial charge is 0.367 e. The summed E-state index contributed by atoms with van der Waals surface area (Å²) in [4.78, 5) is 7.50. The van der Waals surface area contributed by atoms with Crippen LogP contribution >= 0.6 is 0 Å². The first-order valence-corrected chi connectivity index (χ1v) is 6.46. The van der Waals surface area contributed by atoms with Gasteiger partial charge in [-0.25, -0.2) is 14.5 Å². The highest BCUT2D eigenvalue weighted by atomic mass is 19.4. The summed E-state index contributed by atoms with van der Waals surface area (Å²) in [6, 6.07) is 0. The number of alkyl halides is 3. The largest absolute Gasteiger partial charge is 0.435 e. The summed E-state index contributed by atoms with van der Waals surface area (Å²) in [5, 5.41) is 3.93. The number of rotatable bonds is 2. The van der Waals surface area contributed by atoms with Crippen LogP contribution in [0.4, 0.5) is 19.1 Å². The van der Waals surface area contributed by atoms with Gasteiger partial charge in [-0.3, -0.25) is 0 Å². The first kappa shape index (κ1) is 13.1. The maximum absolute atomic E-state index is 13.1. The summed E-state index contributed by atoms with van der Waals surface area (Å²) in [5.74, 6) is 0.290. The van der Waals surface area contributed by atoms with Gasteiger partial charge in [0.2, 0.25) is 5.95 Å². The van der Waals surface area contributed by atoms with Crippen molar-refractivity contribution in [3.8, 4) is 0 Å². The molecule has 0 atom stereocenters. The van der Waals surface area contributed by atoms with Crippen molar-refractivity contribution < 1.29 is 13.2 Å². The van der Waals surface area contributed by atoms with Crippen LogP contribution in [0.1, 0.15) is 44.1 Å². The molecule has 0 aliphatic heterocycles. The van der Waals surface area contributed by atoms with Gasteiger partial charge in [0.1, 0.15) is 11.3 Å². The number of hydrogen-bond acceptors (Lipinski definition) is 4. The third-order valence-electron chi connectivity index (χ3n) is 4.14. The van der Waals surface area contributed by atoms with Crippen LogP contribution in [0.25, 0.3) is 5.52 Å². The van der Waals surface area contributed by atoms with Crippen LogP contribution in [0.15, 0.2) is 6.20 Å². The van der Waals surface area contributed by atoms with Crippen LogP contribution in [-0.4, -0.2) is 19.6 Å². The molecule has 1 aliphatic rings. The summed E-state index contributed by atoms with van der Waals surface area (Å²) in [6.07, 6.45) is -0.0725. The van der Waals surface area contributed by atoms with E-state index in [1.165, 1.54) is 4.52 Å². The maximum Gasteiger partial charge on any atom is 0.435 e. The molecule has 0 bridgehead atoms. The number of nitrogen functional groups attached to an aromatic ring is 1. The Kier molecular flexibility index (Phi) is 2.67. The van der Waals surface area contributed by atoms with Gasteiger partial charge in [0.15, 0.2) is 5.69 Å². The molecule has 1 fully saturated rings. The van der Waals surface area contributed by atoms with Crippen molar-refractivity contribution >= 4 is 11.5 Å². The van der Waals surface area contributed by atoms with E-state index in [0.29, 0.717) is 5.82 Å². The van der Waals surface area contributed by atoms with E-state index in [-0.39, 0.29) is 16.9 Å². The molecule has 0 saturated heterocycles. The molecule has 0 spiro atoms. The molecule has 108 valence electrons. The van der Waals surface area contributed by atoms with Crippen LogP contribution in [0.5, 0.6) is 0 Å². The van der Waals surface area contributed by atoms with E-state index in [0.717, 1.165) is 31.9 Å². The summed E-state index contributed by atoms with van der Waals surface area (Å²) < 4.78 is 40.5. The monoisotopic (exact) mass is 285 g/mol. The van der Waals surface area contributed by atoms with Gasteiger partial charge >= 0.3 is 6.18 Å². The van der Waals surface area contributed by atoms with E-state index in [1.54, 1.807) is 0 Å². The highest BCUT2D eigenvalue weighted by Crippen LogP contribution is 2.47. The van der Waals surface area contributed by atoms with E-state index >= 15 is 0 Å². The molecule has 0 radical (unpaired) electrons. The predicted molar refractivity (Wildman–Crippen MR) is 66.0 cm³/mol. The molecule has 20 heavy (non-hydrogen) atoms. The van der Waals surface area contributed by atoms with Gasteiger partial charge in [0.25, 0.3) is 0 Å². The molecule has 2 aromatic rings. The second-order valence-electron chi connectivity index (χ2n) is 5.18. The van der Waals surface area contributed by atoms with Gasteiger partial charge < -0.3 is 5.73 Å². The number of nitrogens with two attached hydrogens (primary N) is 1. The number of imidazole rings is 1. The zero-order valence-electron chi connectivity index (χ0n) is 10.9. The van der Waals surface area contributed by atoms with E-state index in [4.69, 9.17) is 5.73 Å². The van der Waals surface area contributed by atoms with E-state index in [9.17, 15) is 13.2 Å². The standard InChI is InChI=1S/C12H14F3N5/c1-2-11(4-3-5-11)9-18-8(12(13,14)15)7-6-17-10(16)19-20(7)9/h6H,2-5H2,1H3,(H2,16,19). The quantitative estimate of drug-likeness (QED) is 0.920. The lowest BCUT2D eigenvalue weighted by Crippen LogP contribution is -2.36. The Hall–Kier alpha value is -1.86. The zero-order valence-corrected chi connectivity index (χ0v) is 10.9. The second kappa shape index (κ2) is 4.07. The van der Waals surface area contributed by atoms with Crippen molar-refractivity contribution in [1.29, 1.82) is 0 Å². The summed E-state index contributed by atoms with van der Waals surface area (Å²) in [5.41, 5.74) is 4.10. The van der Waals surface area contributed by atoms with Gasteiger partial charge in [-0.05, 0) is 19.3 Å². The van der Waals surface area contributed by atoms with E-state index < -0.39 is 11.9 Å². The van der Waals surface area contributed by atoms with Crippen molar-refractivity contribution in [1.82, 2.24) is 19.6 Å². The first-order valence-electron chi connectivity index (χ1n) is 6.46. The lowest BCUT2D eigenvalue weighted by atomic mass is 9.66. The lowest BCUT2D eigenvalue weighted by Gasteiger charge is -2.39. The number of fused-ring (bicyclic) bond motifs is 1. The van der Waals surface area contributed by atoms with Gasteiger partial charge in [0, 0.05) is 5.41 Å². The molecule has 3 rings (SSSR count). The Morgan fingerprint density at radius 1 is 1.40 bits per heavy atom. The normalized spacial score (nSPS) is 18.2. The highest BCUT2D eigenvalue weighted by Gasteiger charge is 2.45. The average molecular weight is 285 g/mol. The highest BCUT2D eigenvalue weighted by molar-refractivity contribution is 5.53. The molecule has 5 nitrogen and oxygen atoms in total. The van der Waals surface area contributed by atoms with Crippen LogP contribution in [0.2, 0.25) is 0 Å². The fourth-order valence-corrected chi connectivity index (χ4v) is 2.79. The Morgan fingerprint density at radius 3 is 2.60 bits per heavy atom. The molecule has 0 amide bonds. The minimum Gasteiger partial charge on any atom is -0.367 e. The van der Waals surface area contributed by atoms with E-state index in [2.05, 4.69) is 15.1 Å². The number of hydrogen-bond donors (Lipinski definition) is 1. The molecule has 8 heteroatoms. The van der Waals surface area contributed by atoms with Gasteiger partial charge in [-0.2, -0.15) is 13.2 Å². The van der Waals surface area contributed by atoms with Crippen molar-refractivity contribution in [2.45, 2.75) is 44.2 Å². The van der Waals surface area contributed by atoms with Crippen molar-refractivity contribution in [3.05, 3.63) is 17.7 Å². The van der Waals surface area contributed by atoms with Gasteiger partial charge in [-0.15, -0.1) is 5.10 Å². The summed E-state index contributed by atoms with van der Waals surface area (Å²) in [6.45, 7) is 1.96. The van der Waals surface area contributed by atoms with Crippen LogP contribution in [-0.2, 0) is 11.6 Å². The van der Waals surface area contributed by atoms with Crippen LogP contribution < -0.4 is 5.73 Å². The van der Waals surface area contributed by atoms with Crippen molar-refractivity contribution in [2.24, 2.45) is 0 Å². The van der Waals surface area contributed by atoms with Crippen molar-refractivity contribution in [3.63, 3.8) is 0 Å². The minimum absolute atomic E-state index is 0.0598. The lowest BCUT2D eigenvalue weighted by molar-refractivity contribution is -0.139. The molecule has 0 unspecified atom stereocenters. The Labute approximate surface area is 113 Å². The first-order chi connectivity index (χ1) is 9.37. The Bertz CT molecular complexity index is 651. The third-order valence-corrected chi connectivity index (χ3v) is 4.14. The Balaban J connectivity index is 2.29. The van der Waals surface area contributed by atoms with Crippen LogP contribution in [0.3, 0.4) is 0 Å². The SMILES string of the molecule is CCC1(c2nc(C(F)(F)F)c3cnc(N)nn23)CCC1. The maximum atomic E-state index is 13.1. The second-order valence-corrected chi connectivity index (χ2v) is 5.18. The topological polar surface area (TPSA) is 69.1 Å². The number of anilines is 1. The minimum atomic E-state index is -4.53. The van der Waals surface area contributed by atoms with Crippen LogP contribution in [0, 0.1) is 0 Å². The number of halogens is 3. The third kappa shape index (κ3) is 1.74. The Morgan fingerprint density at radius 2 is 2.10 bits per heavy atom. The molecule has 0 aromatic carbocycles. The molecule has 2 N–H and O–H groups in total. The molecular weight excluding hydrogens is 271 g/mol. The van der Waals surface area contributed by atoms with Gasteiger partial charge in [-0.1, -0.05) is 13.3 Å². The van der Waals surface area contributed by atoms with Crippen molar-refractivity contribution in [2.75, 3.05) is 5.73 Å². The summed E-state index contributed by atoms with van der Waals surface area (Å²) in [7, 11) is 0. The fraction of sp³-hybridized carbons (Fsp3) is 0.583. The van der Waals surface area contributed by atoms with Gasteiger partial charge in [0.05, 0.1) is 6.20 Å². The molecule has 2 heterocycles. The number of aromatic nitrogens is 4. The number of nitrogens with zero attached hydrogens (tertiary/aromatic N) is 4. The van der Waals surface area contributed by atoms with E-state index in [1.807, 2.05) is 6.92 Å².